The van der Waals surface area contributed by atoms with E-state index in [2.05, 4.69) is 16.7 Å². The number of likely N-dealkylation sites (N-methyl/N-ethyl adjacent to an activating group) is 1. The van der Waals surface area contributed by atoms with Gasteiger partial charge in [-0.3, -0.25) is 19.0 Å². The fourth-order valence-electron chi connectivity index (χ4n) is 0.856. The lowest BCUT2D eigenvalue weighted by Gasteiger charge is -2.02. The maximum absolute atomic E-state index is 11.1. The van der Waals surface area contributed by atoms with Crippen molar-refractivity contribution in [1.82, 2.24) is 20.1 Å². The summed E-state index contributed by atoms with van der Waals surface area (Å²) in [6.07, 6.45) is 2.20. The van der Waals surface area contributed by atoms with E-state index in [0.717, 1.165) is 4.57 Å². The molecule has 0 aliphatic heterocycles. The highest BCUT2D eigenvalue weighted by Gasteiger charge is 2.05. The predicted molar refractivity (Wildman–Crippen MR) is 46.6 cm³/mol. The third-order valence-electron chi connectivity index (χ3n) is 1.44. The van der Waals surface area contributed by atoms with E-state index >= 15 is 0 Å². The summed E-state index contributed by atoms with van der Waals surface area (Å²) >= 11 is 0. The third kappa shape index (κ3) is 2.28. The van der Waals surface area contributed by atoms with Crippen LogP contribution in [0.25, 0.3) is 0 Å². The van der Waals surface area contributed by atoms with Crippen LogP contribution >= 0.6 is 0 Å². The predicted octanol–water partition coefficient (Wildman–Crippen LogP) is -2.13. The molecule has 0 bridgehead atoms. The zero-order chi connectivity index (χ0) is 10.6. The normalized spacial score (nSPS) is 9.79. The molecule has 0 saturated heterocycles. The molecule has 2 N–H and O–H groups in total. The van der Waals surface area contributed by atoms with Crippen molar-refractivity contribution in [3.05, 3.63) is 27.0 Å². The summed E-state index contributed by atoms with van der Waals surface area (Å²) in [7, 11) is 0. The molecule has 0 aliphatic rings. The van der Waals surface area contributed by atoms with Gasteiger partial charge in [-0.05, 0) is 6.92 Å². The van der Waals surface area contributed by atoms with Gasteiger partial charge >= 0.3 is 11.1 Å². The monoisotopic (exact) mass is 197 g/mol. The molecule has 7 heteroatoms. The van der Waals surface area contributed by atoms with Crippen LogP contribution in [0.2, 0.25) is 0 Å². The molecular formula is C7H9N4O3. The van der Waals surface area contributed by atoms with Crippen molar-refractivity contribution in [2.75, 3.05) is 6.54 Å². The Morgan fingerprint density at radius 2 is 2.36 bits per heavy atom. The number of rotatable bonds is 3. The molecular weight excluding hydrogens is 188 g/mol. The summed E-state index contributed by atoms with van der Waals surface area (Å²) in [6.45, 7) is 1.97. The molecule has 75 valence electrons. The van der Waals surface area contributed by atoms with Crippen molar-refractivity contribution in [2.24, 2.45) is 0 Å². The second kappa shape index (κ2) is 4.35. The average Bonchev–Trinajstić information content (AvgIpc) is 2.13. The van der Waals surface area contributed by atoms with E-state index in [1.54, 1.807) is 6.92 Å². The molecule has 0 aliphatic carbocycles. The van der Waals surface area contributed by atoms with E-state index in [9.17, 15) is 14.4 Å². The summed E-state index contributed by atoms with van der Waals surface area (Å²) in [5, 5.41) is 7.68. The van der Waals surface area contributed by atoms with Crippen LogP contribution in [0.5, 0.6) is 0 Å². The summed E-state index contributed by atoms with van der Waals surface area (Å²) in [4.78, 5) is 32.9. The van der Waals surface area contributed by atoms with Gasteiger partial charge in [0.1, 0.15) is 6.54 Å². The molecule has 14 heavy (non-hydrogen) atoms. The van der Waals surface area contributed by atoms with Crippen molar-refractivity contribution >= 4 is 5.91 Å². The number of aromatic amines is 1. The molecule has 1 aromatic rings. The lowest BCUT2D eigenvalue weighted by atomic mass is 10.5. The first-order chi connectivity index (χ1) is 6.65. The molecule has 1 amide bonds. The smallest absolute Gasteiger partial charge is 0.330 e. The van der Waals surface area contributed by atoms with Gasteiger partial charge in [-0.2, -0.15) is 5.10 Å². The van der Waals surface area contributed by atoms with Crippen molar-refractivity contribution < 1.29 is 4.79 Å². The van der Waals surface area contributed by atoms with E-state index in [0.29, 0.717) is 6.54 Å². The molecule has 1 aromatic heterocycles. The molecule has 7 nitrogen and oxygen atoms in total. The van der Waals surface area contributed by atoms with Gasteiger partial charge in [0.15, 0.2) is 0 Å². The number of H-pyrrole nitrogens is 1. The molecule has 1 rings (SSSR count). The number of aromatic nitrogens is 3. The van der Waals surface area contributed by atoms with Crippen LogP contribution in [0, 0.1) is 6.33 Å². The largest absolute Gasteiger partial charge is 0.355 e. The standard InChI is InChI=1S/C7H9N4O3/c1-2-8-5(12)3-11-4-9-10-6(13)7(11)14/h2-3H2,1H3,(H,8,12)(H,10,13). The van der Waals surface area contributed by atoms with Crippen molar-refractivity contribution in [1.29, 1.82) is 0 Å². The molecule has 1 radical (unpaired) electrons. The Labute approximate surface area is 78.8 Å². The molecule has 0 saturated carbocycles. The highest BCUT2D eigenvalue weighted by atomic mass is 16.2. The van der Waals surface area contributed by atoms with Crippen LogP contribution in [-0.4, -0.2) is 27.2 Å². The van der Waals surface area contributed by atoms with Crippen LogP contribution in [0.4, 0.5) is 0 Å². The zero-order valence-electron chi connectivity index (χ0n) is 7.53. The van der Waals surface area contributed by atoms with Crippen LogP contribution in [0.1, 0.15) is 6.92 Å². The Bertz CT molecular complexity index is 433. The van der Waals surface area contributed by atoms with Gasteiger partial charge in [0, 0.05) is 6.54 Å². The molecule has 0 fully saturated rings. The third-order valence-corrected chi connectivity index (χ3v) is 1.44. The number of nitrogens with zero attached hydrogens (tertiary/aromatic N) is 2. The maximum Gasteiger partial charge on any atom is 0.330 e. The van der Waals surface area contributed by atoms with E-state index in [-0.39, 0.29) is 12.5 Å². The van der Waals surface area contributed by atoms with Crippen molar-refractivity contribution in [3.63, 3.8) is 0 Å². The highest BCUT2D eigenvalue weighted by molar-refractivity contribution is 5.75. The van der Waals surface area contributed by atoms with E-state index in [1.165, 1.54) is 0 Å². The summed E-state index contributed by atoms with van der Waals surface area (Å²) < 4.78 is 0.823. The fourth-order valence-corrected chi connectivity index (χ4v) is 0.856. The Morgan fingerprint density at radius 1 is 1.64 bits per heavy atom. The minimum atomic E-state index is -0.868. The number of amides is 1. The van der Waals surface area contributed by atoms with E-state index < -0.39 is 11.1 Å². The number of hydrogen-bond acceptors (Lipinski definition) is 4. The fraction of sp³-hybridized carbons (Fsp3) is 0.429. The first-order valence-corrected chi connectivity index (χ1v) is 3.99. The first kappa shape index (κ1) is 10.2. The van der Waals surface area contributed by atoms with Crippen LogP contribution in [-0.2, 0) is 11.3 Å². The van der Waals surface area contributed by atoms with Gasteiger partial charge in [-0.25, -0.2) is 5.10 Å². The summed E-state index contributed by atoms with van der Waals surface area (Å²) in [5.41, 5.74) is -1.71. The Kier molecular flexibility index (Phi) is 3.16. The second-order valence-corrected chi connectivity index (χ2v) is 2.50. The van der Waals surface area contributed by atoms with E-state index in [4.69, 9.17) is 0 Å². The molecule has 0 aromatic carbocycles. The quantitative estimate of drug-likeness (QED) is 0.541. The van der Waals surface area contributed by atoms with Gasteiger partial charge in [-0.15, -0.1) is 0 Å². The molecule has 0 atom stereocenters. The Hall–Kier alpha value is -1.92. The summed E-state index contributed by atoms with van der Waals surface area (Å²) in [5.74, 6) is -0.363. The molecule has 1 heterocycles. The van der Waals surface area contributed by atoms with Crippen LogP contribution in [0.15, 0.2) is 9.59 Å². The zero-order valence-corrected chi connectivity index (χ0v) is 7.53. The topological polar surface area (TPSA) is 96.8 Å². The highest BCUT2D eigenvalue weighted by Crippen LogP contribution is 1.73. The van der Waals surface area contributed by atoms with Crippen LogP contribution in [0.3, 0.4) is 0 Å². The first-order valence-electron chi connectivity index (χ1n) is 3.99. The van der Waals surface area contributed by atoms with Gasteiger partial charge in [0.25, 0.3) is 0 Å². The SMILES string of the molecule is CCNC(=O)Cn1[c]n[nH]c(=O)c1=O. The number of carbonyl (C=O) groups is 1. The molecule has 0 unspecified atom stereocenters. The average molecular weight is 197 g/mol. The maximum atomic E-state index is 11.1. The Morgan fingerprint density at radius 3 is 3.00 bits per heavy atom. The number of hydrogen-bond donors (Lipinski definition) is 2. The lowest BCUT2D eigenvalue weighted by molar-refractivity contribution is -0.121. The van der Waals surface area contributed by atoms with Gasteiger partial charge in [-0.1, -0.05) is 0 Å². The van der Waals surface area contributed by atoms with Crippen LogP contribution < -0.4 is 16.4 Å². The second-order valence-electron chi connectivity index (χ2n) is 2.50. The number of nitrogens with one attached hydrogen (secondary N) is 2. The molecule has 0 spiro atoms. The van der Waals surface area contributed by atoms with Gasteiger partial charge in [0.05, 0.1) is 0 Å². The number of carbonyl (C=O) groups excluding carboxylic acids is 1. The lowest BCUT2D eigenvalue weighted by Crippen LogP contribution is -2.40. The minimum absolute atomic E-state index is 0.246. The Balaban J connectivity index is 2.88. The van der Waals surface area contributed by atoms with Gasteiger partial charge < -0.3 is 5.32 Å². The van der Waals surface area contributed by atoms with Crippen molar-refractivity contribution in [3.8, 4) is 0 Å². The van der Waals surface area contributed by atoms with E-state index in [1.807, 2.05) is 5.10 Å². The van der Waals surface area contributed by atoms with Gasteiger partial charge in [0.2, 0.25) is 12.2 Å². The summed E-state index contributed by atoms with van der Waals surface area (Å²) in [6, 6.07) is 0. The minimum Gasteiger partial charge on any atom is -0.355 e. The van der Waals surface area contributed by atoms with Crippen molar-refractivity contribution in [2.45, 2.75) is 13.5 Å².